The van der Waals surface area contributed by atoms with Gasteiger partial charge in [0.05, 0.1) is 0 Å². The third-order valence-electron chi connectivity index (χ3n) is 2.16. The normalized spacial score (nSPS) is 11.1. The van der Waals surface area contributed by atoms with E-state index in [1.807, 2.05) is 32.9 Å². The fourth-order valence-corrected chi connectivity index (χ4v) is 1.05. The molecular weight excluding hydrogens is 202 g/mol. The van der Waals surface area contributed by atoms with Gasteiger partial charge in [0, 0.05) is 12.4 Å². The van der Waals surface area contributed by atoms with Gasteiger partial charge in [-0.1, -0.05) is 12.5 Å². The van der Waals surface area contributed by atoms with Gasteiger partial charge in [-0.25, -0.2) is 9.78 Å². The highest BCUT2D eigenvalue weighted by Crippen LogP contribution is 2.04. The number of rotatable bonds is 3. The number of aryl methyl sites for hydroxylation is 1. The summed E-state index contributed by atoms with van der Waals surface area (Å²) in [5, 5.41) is 5.31. The van der Waals surface area contributed by atoms with E-state index in [0.29, 0.717) is 5.82 Å². The molecule has 0 aliphatic rings. The van der Waals surface area contributed by atoms with E-state index < -0.39 is 0 Å². The Balaban J connectivity index is 2.52. The van der Waals surface area contributed by atoms with Crippen LogP contribution in [0.5, 0.6) is 0 Å². The number of aromatic nitrogens is 1. The van der Waals surface area contributed by atoms with Gasteiger partial charge in [-0.3, -0.25) is 5.32 Å². The number of hydrogen-bond acceptors (Lipinski definition) is 2. The highest BCUT2D eigenvalue weighted by atomic mass is 16.2. The topological polar surface area (TPSA) is 54.0 Å². The Morgan fingerprint density at radius 1 is 1.56 bits per heavy atom. The highest BCUT2D eigenvalue weighted by molar-refractivity contribution is 5.88. The van der Waals surface area contributed by atoms with Crippen LogP contribution in [-0.2, 0) is 0 Å². The number of nitrogens with one attached hydrogen (secondary N) is 2. The van der Waals surface area contributed by atoms with Crippen molar-refractivity contribution >= 4 is 11.8 Å². The van der Waals surface area contributed by atoms with E-state index in [1.165, 1.54) is 0 Å². The van der Waals surface area contributed by atoms with Gasteiger partial charge in [0.1, 0.15) is 5.82 Å². The maximum atomic E-state index is 11.4. The number of pyridine rings is 1. The summed E-state index contributed by atoms with van der Waals surface area (Å²) in [6.07, 6.45) is 4.28. The maximum absolute atomic E-state index is 11.4. The molecule has 0 aliphatic heterocycles. The number of carbonyl (C=O) groups excluding carboxylic acids is 1. The first-order chi connectivity index (χ1) is 7.61. The van der Waals surface area contributed by atoms with Crippen LogP contribution >= 0.6 is 0 Å². The minimum Gasteiger partial charge on any atom is -0.314 e. The van der Waals surface area contributed by atoms with Crippen LogP contribution in [0, 0.1) is 6.92 Å². The Hall–Kier alpha value is -1.84. The van der Waals surface area contributed by atoms with Crippen molar-refractivity contribution in [2.24, 2.45) is 0 Å². The van der Waals surface area contributed by atoms with Crippen molar-refractivity contribution in [2.75, 3.05) is 5.32 Å². The molecule has 1 heterocycles. The lowest BCUT2D eigenvalue weighted by molar-refractivity contribution is 0.255. The van der Waals surface area contributed by atoms with Gasteiger partial charge in [0.15, 0.2) is 0 Å². The number of carbonyl (C=O) groups is 1. The summed E-state index contributed by atoms with van der Waals surface area (Å²) in [6, 6.07) is 3.42. The summed E-state index contributed by atoms with van der Waals surface area (Å²) in [5.41, 5.74) is 2.18. The van der Waals surface area contributed by atoms with Crippen LogP contribution < -0.4 is 10.6 Å². The van der Waals surface area contributed by atoms with Crippen LogP contribution in [0.4, 0.5) is 10.6 Å². The van der Waals surface area contributed by atoms with Crippen LogP contribution in [0.2, 0.25) is 0 Å². The predicted molar refractivity (Wildman–Crippen MR) is 65.2 cm³/mol. The first-order valence-electron chi connectivity index (χ1n) is 5.27. The molecule has 2 N–H and O–H groups in total. The molecule has 0 aromatic carbocycles. The van der Waals surface area contributed by atoms with E-state index >= 15 is 0 Å². The Labute approximate surface area is 95.8 Å². The number of amides is 2. The zero-order valence-corrected chi connectivity index (χ0v) is 9.87. The minimum absolute atomic E-state index is 0.272. The number of urea groups is 1. The molecule has 0 spiro atoms. The van der Waals surface area contributed by atoms with E-state index in [-0.39, 0.29) is 6.03 Å². The molecule has 0 bridgehead atoms. The standard InChI is InChI=1S/C12H17N3O/c1-4-9(2)8-14-12(16)15-11-7-10(3)5-6-13-11/h5-8H,4H2,1-3H3,(H2,13,14,15,16)/b9-8+. The van der Waals surface area contributed by atoms with Crippen LogP contribution in [-0.4, -0.2) is 11.0 Å². The van der Waals surface area contributed by atoms with Crippen molar-refractivity contribution in [1.29, 1.82) is 0 Å². The first kappa shape index (κ1) is 12.2. The van der Waals surface area contributed by atoms with Crippen molar-refractivity contribution in [2.45, 2.75) is 27.2 Å². The van der Waals surface area contributed by atoms with Gasteiger partial charge in [0.2, 0.25) is 0 Å². The predicted octanol–water partition coefficient (Wildman–Crippen LogP) is 2.83. The third kappa shape index (κ3) is 4.13. The summed E-state index contributed by atoms with van der Waals surface area (Å²) in [7, 11) is 0. The van der Waals surface area contributed by atoms with Gasteiger partial charge >= 0.3 is 6.03 Å². The molecule has 0 atom stereocenters. The summed E-state index contributed by atoms with van der Waals surface area (Å²) >= 11 is 0. The Kier molecular flexibility index (Phi) is 4.51. The molecule has 1 aromatic rings. The lowest BCUT2D eigenvalue weighted by Crippen LogP contribution is -2.24. The molecule has 0 aliphatic carbocycles. The van der Waals surface area contributed by atoms with E-state index in [4.69, 9.17) is 0 Å². The lowest BCUT2D eigenvalue weighted by atomic mass is 10.3. The second-order valence-corrected chi connectivity index (χ2v) is 3.66. The van der Waals surface area contributed by atoms with Crippen molar-refractivity contribution in [1.82, 2.24) is 10.3 Å². The van der Waals surface area contributed by atoms with Crippen molar-refractivity contribution in [3.8, 4) is 0 Å². The monoisotopic (exact) mass is 219 g/mol. The van der Waals surface area contributed by atoms with Crippen molar-refractivity contribution in [3.63, 3.8) is 0 Å². The number of nitrogens with zero attached hydrogens (tertiary/aromatic N) is 1. The Bertz CT molecular complexity index is 399. The number of anilines is 1. The summed E-state index contributed by atoms with van der Waals surface area (Å²) < 4.78 is 0. The number of hydrogen-bond donors (Lipinski definition) is 2. The van der Waals surface area contributed by atoms with Gasteiger partial charge in [-0.2, -0.15) is 0 Å². The fourth-order valence-electron chi connectivity index (χ4n) is 1.05. The van der Waals surface area contributed by atoms with E-state index in [1.54, 1.807) is 12.4 Å². The zero-order valence-electron chi connectivity index (χ0n) is 9.87. The van der Waals surface area contributed by atoms with E-state index in [2.05, 4.69) is 15.6 Å². The summed E-state index contributed by atoms with van der Waals surface area (Å²) in [4.78, 5) is 15.5. The van der Waals surface area contributed by atoms with Crippen LogP contribution in [0.15, 0.2) is 30.1 Å². The molecule has 1 aromatic heterocycles. The summed E-state index contributed by atoms with van der Waals surface area (Å²) in [6.45, 7) is 5.95. The smallest absolute Gasteiger partial charge is 0.314 e. The highest BCUT2D eigenvalue weighted by Gasteiger charge is 2.00. The molecule has 0 radical (unpaired) electrons. The fraction of sp³-hybridized carbons (Fsp3) is 0.333. The average Bonchev–Trinajstić information content (AvgIpc) is 2.26. The molecule has 4 heteroatoms. The molecule has 1 rings (SSSR count). The van der Waals surface area contributed by atoms with Gasteiger partial charge < -0.3 is 5.32 Å². The van der Waals surface area contributed by atoms with E-state index in [0.717, 1.165) is 17.6 Å². The quantitative estimate of drug-likeness (QED) is 0.821. The molecular formula is C12H17N3O. The number of allylic oxidation sites excluding steroid dienone is 1. The molecule has 2 amide bonds. The van der Waals surface area contributed by atoms with Gasteiger partial charge in [-0.15, -0.1) is 0 Å². The van der Waals surface area contributed by atoms with E-state index in [9.17, 15) is 4.79 Å². The molecule has 0 saturated heterocycles. The Morgan fingerprint density at radius 3 is 2.94 bits per heavy atom. The SMILES string of the molecule is CC/C(C)=C/NC(=O)Nc1cc(C)ccn1. The van der Waals surface area contributed by atoms with Crippen LogP contribution in [0.1, 0.15) is 25.8 Å². The minimum atomic E-state index is -0.272. The van der Waals surface area contributed by atoms with Gasteiger partial charge in [0.25, 0.3) is 0 Å². The molecule has 0 fully saturated rings. The zero-order chi connectivity index (χ0) is 12.0. The first-order valence-corrected chi connectivity index (χ1v) is 5.27. The largest absolute Gasteiger partial charge is 0.324 e. The Morgan fingerprint density at radius 2 is 2.31 bits per heavy atom. The van der Waals surface area contributed by atoms with Crippen LogP contribution in [0.3, 0.4) is 0 Å². The maximum Gasteiger partial charge on any atom is 0.324 e. The molecule has 16 heavy (non-hydrogen) atoms. The molecule has 86 valence electrons. The molecule has 0 unspecified atom stereocenters. The summed E-state index contributed by atoms with van der Waals surface area (Å²) in [5.74, 6) is 0.556. The molecule has 0 saturated carbocycles. The van der Waals surface area contributed by atoms with Crippen molar-refractivity contribution < 1.29 is 4.79 Å². The van der Waals surface area contributed by atoms with Crippen LogP contribution in [0.25, 0.3) is 0 Å². The third-order valence-corrected chi connectivity index (χ3v) is 2.16. The average molecular weight is 219 g/mol. The van der Waals surface area contributed by atoms with Gasteiger partial charge in [-0.05, 0) is 38.0 Å². The molecule has 4 nitrogen and oxygen atoms in total. The lowest BCUT2D eigenvalue weighted by Gasteiger charge is -2.04. The van der Waals surface area contributed by atoms with Crippen molar-refractivity contribution in [3.05, 3.63) is 35.7 Å². The second kappa shape index (κ2) is 5.90. The second-order valence-electron chi connectivity index (χ2n) is 3.66.